The number of esters is 2. The lowest BCUT2D eigenvalue weighted by Crippen LogP contribution is -2.44. The molecule has 2 aliphatic carbocycles. The molecule has 0 radical (unpaired) electrons. The minimum absolute atomic E-state index is 0.153. The number of carbonyl (C=O) groups is 2. The van der Waals surface area contributed by atoms with Gasteiger partial charge in [0.15, 0.2) is 0 Å². The number of allylic oxidation sites excluding steroid dienone is 1. The van der Waals surface area contributed by atoms with Crippen LogP contribution in [0.25, 0.3) is 0 Å². The van der Waals surface area contributed by atoms with Crippen molar-refractivity contribution in [3.05, 3.63) is 71.8 Å². The number of hydrogen-bond donors (Lipinski definition) is 0. The van der Waals surface area contributed by atoms with E-state index in [2.05, 4.69) is 32.1 Å². The highest BCUT2D eigenvalue weighted by molar-refractivity contribution is 5.70. The maximum atomic E-state index is 11.5. The highest BCUT2D eigenvalue weighted by Crippen LogP contribution is 2.76. The van der Waals surface area contributed by atoms with Gasteiger partial charge < -0.3 is 9.47 Å². The van der Waals surface area contributed by atoms with Gasteiger partial charge in [0, 0.05) is 31.1 Å². The van der Waals surface area contributed by atoms with Gasteiger partial charge in [0.25, 0.3) is 0 Å². The second-order valence-corrected chi connectivity index (χ2v) is 9.40. The quantitative estimate of drug-likeness (QED) is 0.373. The van der Waals surface area contributed by atoms with Crippen LogP contribution < -0.4 is 9.47 Å². The van der Waals surface area contributed by atoms with E-state index < -0.39 is 11.1 Å². The monoisotopic (exact) mass is 430 g/mol. The van der Waals surface area contributed by atoms with Crippen LogP contribution in [-0.4, -0.2) is 11.9 Å². The molecule has 164 valence electrons. The fraction of sp³-hybridized carbons (Fsp3) is 0.385. The Bertz CT molecular complexity index is 1180. The Kier molecular flexibility index (Phi) is 4.42. The summed E-state index contributed by atoms with van der Waals surface area (Å²) < 4.78 is 10.8. The number of rotatable bonds is 4. The summed E-state index contributed by atoms with van der Waals surface area (Å²) in [5, 5.41) is 9.98. The first-order valence-electron chi connectivity index (χ1n) is 10.9. The van der Waals surface area contributed by atoms with Gasteiger partial charge in [-0.15, -0.1) is 0 Å². The molecule has 32 heavy (non-hydrogen) atoms. The molecule has 2 aromatic carbocycles. The molecule has 4 atom stereocenters. The van der Waals surface area contributed by atoms with Crippen LogP contribution in [0, 0.1) is 17.3 Å². The van der Waals surface area contributed by atoms with Crippen LogP contribution in [0.1, 0.15) is 45.2 Å². The summed E-state index contributed by atoms with van der Waals surface area (Å²) >= 11 is 0. The van der Waals surface area contributed by atoms with Crippen LogP contribution in [0.4, 0.5) is 0 Å². The number of carbonyl (C=O) groups excluding carboxylic acids is 2. The number of azo groups is 1. The molecular weight excluding hydrogens is 404 g/mol. The zero-order valence-corrected chi connectivity index (χ0v) is 18.7. The van der Waals surface area contributed by atoms with Gasteiger partial charge in [-0.3, -0.25) is 9.59 Å². The molecule has 1 aliphatic heterocycles. The minimum Gasteiger partial charge on any atom is -0.427 e. The number of fused-ring (bicyclic) bond motifs is 5. The molecule has 0 spiro atoms. The molecule has 1 saturated carbocycles. The van der Waals surface area contributed by atoms with E-state index in [-0.39, 0.29) is 29.2 Å². The van der Waals surface area contributed by atoms with Gasteiger partial charge in [0.05, 0.1) is 0 Å². The van der Waals surface area contributed by atoms with Crippen molar-refractivity contribution >= 4 is 11.9 Å². The molecule has 0 aromatic heterocycles. The second kappa shape index (κ2) is 6.86. The lowest BCUT2D eigenvalue weighted by Gasteiger charge is -2.41. The second-order valence-electron chi connectivity index (χ2n) is 9.40. The number of nitrogens with zero attached hydrogens (tertiary/aromatic N) is 2. The summed E-state index contributed by atoms with van der Waals surface area (Å²) in [5.74, 6) is 0.693. The molecule has 0 N–H and O–H groups in total. The van der Waals surface area contributed by atoms with Crippen molar-refractivity contribution in [2.45, 2.75) is 45.2 Å². The van der Waals surface area contributed by atoms with Crippen LogP contribution >= 0.6 is 0 Å². The molecule has 6 nitrogen and oxygen atoms in total. The van der Waals surface area contributed by atoms with Crippen molar-refractivity contribution in [3.63, 3.8) is 0 Å². The number of ether oxygens (including phenoxy) is 2. The third-order valence-corrected chi connectivity index (χ3v) is 7.53. The maximum absolute atomic E-state index is 11.5. The zero-order valence-electron chi connectivity index (χ0n) is 18.7. The summed E-state index contributed by atoms with van der Waals surface area (Å²) in [6, 6.07) is 15.3. The lowest BCUT2D eigenvalue weighted by molar-refractivity contribution is -0.132. The Morgan fingerprint density at radius 3 is 1.97 bits per heavy atom. The van der Waals surface area contributed by atoms with E-state index in [9.17, 15) is 9.59 Å². The van der Waals surface area contributed by atoms with Gasteiger partial charge in [-0.1, -0.05) is 50.3 Å². The molecule has 3 aliphatic rings. The Labute approximate surface area is 187 Å². The third-order valence-electron chi connectivity index (χ3n) is 7.53. The first-order chi connectivity index (χ1) is 15.2. The average Bonchev–Trinajstić information content (AvgIpc) is 3.34. The van der Waals surface area contributed by atoms with Crippen molar-refractivity contribution in [2.75, 3.05) is 0 Å². The zero-order chi connectivity index (χ0) is 22.7. The van der Waals surface area contributed by atoms with E-state index in [1.165, 1.54) is 13.8 Å². The van der Waals surface area contributed by atoms with Gasteiger partial charge in [-0.05, 0) is 41.8 Å². The molecule has 5 rings (SSSR count). The first kappa shape index (κ1) is 20.6. The lowest BCUT2D eigenvalue weighted by atomic mass is 9.61. The van der Waals surface area contributed by atoms with Gasteiger partial charge >= 0.3 is 11.9 Å². The molecule has 0 amide bonds. The Balaban J connectivity index is 1.68. The molecule has 0 unspecified atom stereocenters. The highest BCUT2D eigenvalue weighted by atomic mass is 16.5. The Morgan fingerprint density at radius 2 is 1.41 bits per heavy atom. The van der Waals surface area contributed by atoms with E-state index in [0.717, 1.165) is 17.5 Å². The summed E-state index contributed by atoms with van der Waals surface area (Å²) in [5.41, 5.74) is 0.429. The van der Waals surface area contributed by atoms with Crippen molar-refractivity contribution in [1.82, 2.24) is 0 Å². The normalized spacial score (nSPS) is 30.9. The molecule has 6 heteroatoms. The molecule has 1 heterocycles. The Hall–Kier alpha value is -3.28. The summed E-state index contributed by atoms with van der Waals surface area (Å²) in [4.78, 5) is 23.1. The summed E-state index contributed by atoms with van der Waals surface area (Å²) in [6.07, 6.45) is 5.38. The summed E-state index contributed by atoms with van der Waals surface area (Å²) in [7, 11) is 0. The highest BCUT2D eigenvalue weighted by Gasteiger charge is 2.77. The van der Waals surface area contributed by atoms with Crippen LogP contribution in [0.15, 0.2) is 70.9 Å². The van der Waals surface area contributed by atoms with Gasteiger partial charge in [-0.2, -0.15) is 10.2 Å². The van der Waals surface area contributed by atoms with Gasteiger partial charge in [0.2, 0.25) is 0 Å². The average molecular weight is 431 g/mol. The summed E-state index contributed by atoms with van der Waals surface area (Å²) in [6.45, 7) is 7.24. The molecule has 0 saturated heterocycles. The molecular formula is C26H26N2O4. The minimum atomic E-state index is -0.599. The molecule has 2 aromatic rings. The van der Waals surface area contributed by atoms with Crippen molar-refractivity contribution in [2.24, 2.45) is 27.5 Å². The SMILES string of the molecule is CC(=O)Oc1cccc([C@@]23N=N[C@@](c4cccc(OC(C)=O)c4)([C@H]4C=CC[C@H]42)C3(C)C)c1. The van der Waals surface area contributed by atoms with Crippen LogP contribution in [-0.2, 0) is 20.7 Å². The van der Waals surface area contributed by atoms with E-state index in [1.807, 2.05) is 30.3 Å². The third kappa shape index (κ3) is 2.52. The first-order valence-corrected chi connectivity index (χ1v) is 10.9. The van der Waals surface area contributed by atoms with Gasteiger partial charge in [-0.25, -0.2) is 0 Å². The Morgan fingerprint density at radius 1 is 0.875 bits per heavy atom. The van der Waals surface area contributed by atoms with Crippen molar-refractivity contribution < 1.29 is 19.1 Å². The number of benzene rings is 2. The predicted molar refractivity (Wildman–Crippen MR) is 118 cm³/mol. The smallest absolute Gasteiger partial charge is 0.308 e. The number of hydrogen-bond acceptors (Lipinski definition) is 6. The molecule has 1 fully saturated rings. The van der Waals surface area contributed by atoms with E-state index >= 15 is 0 Å². The fourth-order valence-electron chi connectivity index (χ4n) is 6.40. The maximum Gasteiger partial charge on any atom is 0.308 e. The topological polar surface area (TPSA) is 77.3 Å². The van der Waals surface area contributed by atoms with E-state index in [1.54, 1.807) is 12.1 Å². The van der Waals surface area contributed by atoms with Gasteiger partial charge in [0.1, 0.15) is 22.6 Å². The largest absolute Gasteiger partial charge is 0.427 e. The van der Waals surface area contributed by atoms with Crippen molar-refractivity contribution in [3.8, 4) is 11.5 Å². The standard InChI is InChI=1S/C26H26N2O4/c1-16(29)31-20-10-5-8-18(14-20)25-22-12-7-13-23(22)26(28-27-25,24(25,3)4)19-9-6-11-21(15-19)32-17(2)30/h5-12,14-15,22-23H,13H2,1-4H3/t22-,23+,25-,26+/m0/s1. The fourth-order valence-corrected chi connectivity index (χ4v) is 6.40. The van der Waals surface area contributed by atoms with Crippen LogP contribution in [0.3, 0.4) is 0 Å². The van der Waals surface area contributed by atoms with Crippen molar-refractivity contribution in [1.29, 1.82) is 0 Å². The van der Waals surface area contributed by atoms with E-state index in [0.29, 0.717) is 11.5 Å². The van der Waals surface area contributed by atoms with Crippen LogP contribution in [0.5, 0.6) is 11.5 Å². The predicted octanol–water partition coefficient (Wildman–Crippen LogP) is 5.33. The molecule has 2 bridgehead atoms. The van der Waals surface area contributed by atoms with E-state index in [4.69, 9.17) is 19.7 Å². The van der Waals surface area contributed by atoms with Crippen LogP contribution in [0.2, 0.25) is 0 Å².